The molecule has 17 heteroatoms. The van der Waals surface area contributed by atoms with Crippen LogP contribution < -0.4 is 21.3 Å². The van der Waals surface area contributed by atoms with Crippen molar-refractivity contribution >= 4 is 41.4 Å². The number of hydrogen-bond acceptors (Lipinski definition) is 11. The molecule has 0 aromatic rings. The van der Waals surface area contributed by atoms with Gasteiger partial charge in [-0.3, -0.25) is 28.8 Å². The van der Waals surface area contributed by atoms with Crippen LogP contribution in [0.15, 0.2) is 0 Å². The lowest BCUT2D eigenvalue weighted by Crippen LogP contribution is -2.41. The highest BCUT2D eigenvalue weighted by molar-refractivity contribution is 5.84. The number of ether oxygens (including phenoxy) is 4. The molecule has 0 aliphatic heterocycles. The predicted molar refractivity (Wildman–Crippen MR) is 217 cm³/mol. The molecule has 0 saturated heterocycles. The van der Waals surface area contributed by atoms with Crippen LogP contribution in [0.3, 0.4) is 0 Å². The summed E-state index contributed by atoms with van der Waals surface area (Å²) in [6, 6.07) is -1.14. The van der Waals surface area contributed by atoms with E-state index in [1.807, 2.05) is 6.92 Å². The van der Waals surface area contributed by atoms with Gasteiger partial charge in [-0.2, -0.15) is 0 Å². The Morgan fingerprint density at radius 3 is 1.40 bits per heavy atom. The average molecular weight is 831 g/mol. The molecular weight excluding hydrogens is 756 g/mol. The predicted octanol–water partition coefficient (Wildman–Crippen LogP) is 3.69. The Balaban J connectivity index is 3.66. The molecule has 4 amide bonds. The molecule has 0 aromatic heterocycles. The number of hydrogen-bond donors (Lipinski definition) is 6. The molecule has 0 heterocycles. The molecule has 0 rings (SSSR count). The Morgan fingerprint density at radius 1 is 0.466 bits per heavy atom. The molecule has 0 aliphatic rings. The highest BCUT2D eigenvalue weighted by Gasteiger charge is 2.21. The molecule has 0 aliphatic carbocycles. The lowest BCUT2D eigenvalue weighted by Gasteiger charge is -2.14. The molecule has 58 heavy (non-hydrogen) atoms. The summed E-state index contributed by atoms with van der Waals surface area (Å²) in [6.45, 7) is 5.66. The van der Waals surface area contributed by atoms with Crippen LogP contribution in [0.2, 0.25) is 0 Å². The number of carboxylic acid groups (broad SMARTS) is 2. The molecule has 0 saturated carbocycles. The van der Waals surface area contributed by atoms with E-state index < -0.39 is 18.0 Å². The summed E-state index contributed by atoms with van der Waals surface area (Å²) in [5.41, 5.74) is 0. The number of nitrogens with one attached hydrogen (secondary N) is 4. The van der Waals surface area contributed by atoms with Crippen LogP contribution in [0.4, 0.5) is 0 Å². The lowest BCUT2D eigenvalue weighted by atomic mass is 10.0. The third kappa shape index (κ3) is 37.9. The van der Waals surface area contributed by atoms with E-state index in [9.17, 15) is 38.7 Å². The highest BCUT2D eigenvalue weighted by atomic mass is 16.5. The molecule has 336 valence electrons. The van der Waals surface area contributed by atoms with Crippen molar-refractivity contribution in [3.8, 4) is 0 Å². The zero-order valence-corrected chi connectivity index (χ0v) is 35.3. The number of ketones is 1. The van der Waals surface area contributed by atoms with Crippen molar-refractivity contribution < 1.29 is 62.7 Å². The van der Waals surface area contributed by atoms with Gasteiger partial charge in [-0.05, 0) is 39.0 Å². The van der Waals surface area contributed by atoms with E-state index in [0.717, 1.165) is 70.6 Å². The fourth-order valence-electron chi connectivity index (χ4n) is 5.62. The maximum atomic E-state index is 12.3. The van der Waals surface area contributed by atoms with Gasteiger partial charge in [0.1, 0.15) is 25.0 Å². The van der Waals surface area contributed by atoms with Crippen molar-refractivity contribution in [1.29, 1.82) is 0 Å². The van der Waals surface area contributed by atoms with Crippen LogP contribution in [0, 0.1) is 5.92 Å². The molecular formula is C41H74N4O13. The van der Waals surface area contributed by atoms with Gasteiger partial charge in [-0.25, -0.2) is 4.79 Å². The van der Waals surface area contributed by atoms with E-state index >= 15 is 0 Å². The Labute approximate surface area is 345 Å². The van der Waals surface area contributed by atoms with Gasteiger partial charge in [0, 0.05) is 44.8 Å². The van der Waals surface area contributed by atoms with E-state index in [1.54, 1.807) is 6.92 Å². The van der Waals surface area contributed by atoms with Crippen LogP contribution >= 0.6 is 0 Å². The summed E-state index contributed by atoms with van der Waals surface area (Å²) in [4.78, 5) is 81.5. The van der Waals surface area contributed by atoms with Gasteiger partial charge in [-0.1, -0.05) is 77.6 Å². The first kappa shape index (κ1) is 54.3. The minimum absolute atomic E-state index is 0.0290. The van der Waals surface area contributed by atoms with Crippen molar-refractivity contribution in [2.75, 3.05) is 72.5 Å². The molecule has 0 fully saturated rings. The summed E-state index contributed by atoms with van der Waals surface area (Å²) in [5, 5.41) is 28.7. The minimum atomic E-state index is -1.19. The largest absolute Gasteiger partial charge is 0.481 e. The molecule has 0 bridgehead atoms. The van der Waals surface area contributed by atoms with Gasteiger partial charge in [0.15, 0.2) is 0 Å². The van der Waals surface area contributed by atoms with Crippen LogP contribution in [-0.4, -0.2) is 130 Å². The summed E-state index contributed by atoms with van der Waals surface area (Å²) in [7, 11) is 0. The van der Waals surface area contributed by atoms with E-state index in [4.69, 9.17) is 24.1 Å². The number of Topliss-reactive ketones (excluding diaryl/α,β-unsaturated/α-hetero) is 1. The summed E-state index contributed by atoms with van der Waals surface area (Å²) >= 11 is 0. The molecule has 17 nitrogen and oxygen atoms in total. The first-order valence-corrected chi connectivity index (χ1v) is 21.3. The number of aliphatic carboxylic acids is 2. The van der Waals surface area contributed by atoms with Crippen molar-refractivity contribution in [1.82, 2.24) is 21.3 Å². The van der Waals surface area contributed by atoms with Gasteiger partial charge in [0.25, 0.3) is 0 Å². The fourth-order valence-corrected chi connectivity index (χ4v) is 5.62. The zero-order chi connectivity index (χ0) is 43.1. The number of carboxylic acids is 2. The van der Waals surface area contributed by atoms with E-state index in [-0.39, 0.29) is 127 Å². The maximum absolute atomic E-state index is 12.3. The van der Waals surface area contributed by atoms with E-state index in [1.165, 1.54) is 19.3 Å². The third-order valence-electron chi connectivity index (χ3n) is 9.27. The third-order valence-corrected chi connectivity index (χ3v) is 9.27. The SMILES string of the molecule is CC(=O)[C@@H](C)CCCCNC(=O)COCCOCCNC(=O)COCCOCCNC(=O)CC[C@H](NC(=O)CCCCCCCCCCCCCCC(=O)O)C(=O)O. The number of carbonyl (C=O) groups is 7. The van der Waals surface area contributed by atoms with Crippen molar-refractivity contribution in [3.05, 3.63) is 0 Å². The van der Waals surface area contributed by atoms with Crippen LogP contribution in [0.1, 0.15) is 136 Å². The van der Waals surface area contributed by atoms with Gasteiger partial charge < -0.3 is 50.4 Å². The molecule has 2 atom stereocenters. The van der Waals surface area contributed by atoms with Gasteiger partial charge in [0.2, 0.25) is 23.6 Å². The van der Waals surface area contributed by atoms with Gasteiger partial charge >= 0.3 is 11.9 Å². The number of unbranched alkanes of at least 4 members (excludes halogenated alkanes) is 12. The molecule has 6 N–H and O–H groups in total. The van der Waals surface area contributed by atoms with Crippen molar-refractivity contribution in [2.24, 2.45) is 5.92 Å². The Bertz CT molecular complexity index is 1140. The summed E-state index contributed by atoms with van der Waals surface area (Å²) < 4.78 is 21.3. The normalized spacial score (nSPS) is 12.0. The topological polar surface area (TPSA) is 245 Å². The molecule has 0 unspecified atom stereocenters. The fraction of sp³-hybridized carbons (Fsp3) is 0.829. The zero-order valence-electron chi connectivity index (χ0n) is 35.3. The van der Waals surface area contributed by atoms with Gasteiger partial charge in [0.05, 0.1) is 39.6 Å². The Hall–Kier alpha value is -3.67. The second-order valence-corrected chi connectivity index (χ2v) is 14.5. The Morgan fingerprint density at radius 2 is 0.914 bits per heavy atom. The van der Waals surface area contributed by atoms with Crippen LogP contribution in [0.5, 0.6) is 0 Å². The minimum Gasteiger partial charge on any atom is -0.481 e. The first-order valence-electron chi connectivity index (χ1n) is 21.3. The summed E-state index contributed by atoms with van der Waals surface area (Å²) in [6.07, 6.45) is 15.2. The number of rotatable bonds is 42. The highest BCUT2D eigenvalue weighted by Crippen LogP contribution is 2.13. The second kappa shape index (κ2) is 38.8. The quantitative estimate of drug-likeness (QED) is 0.0482. The number of carbonyl (C=O) groups excluding carboxylic acids is 5. The second-order valence-electron chi connectivity index (χ2n) is 14.5. The number of amides is 4. The average Bonchev–Trinajstić information content (AvgIpc) is 3.17. The Kier molecular flexibility index (Phi) is 36.4. The molecule has 0 aromatic carbocycles. The van der Waals surface area contributed by atoms with Crippen LogP contribution in [0.25, 0.3) is 0 Å². The monoisotopic (exact) mass is 831 g/mol. The van der Waals surface area contributed by atoms with Crippen molar-refractivity contribution in [3.63, 3.8) is 0 Å². The summed E-state index contributed by atoms with van der Waals surface area (Å²) in [5.74, 6) is -2.91. The van der Waals surface area contributed by atoms with E-state index in [0.29, 0.717) is 13.0 Å². The molecule has 0 spiro atoms. The molecule has 0 radical (unpaired) electrons. The maximum Gasteiger partial charge on any atom is 0.326 e. The van der Waals surface area contributed by atoms with E-state index in [2.05, 4.69) is 21.3 Å². The first-order chi connectivity index (χ1) is 27.9. The lowest BCUT2D eigenvalue weighted by molar-refractivity contribution is -0.142. The smallest absolute Gasteiger partial charge is 0.326 e. The van der Waals surface area contributed by atoms with Crippen molar-refractivity contribution in [2.45, 2.75) is 142 Å². The van der Waals surface area contributed by atoms with Gasteiger partial charge in [-0.15, -0.1) is 0 Å². The standard InChI is InChI=1S/C41H74N4O13/c1-33(34(2)46)17-15-16-22-42-38(49)31-57-29-28-56-26-24-44-39(50)32-58-30-27-55-25-23-43-36(47)21-20-35(41(53)54)45-37(48)18-13-11-9-7-5-3-4-6-8-10-12-14-19-40(51)52/h33,35H,3-32H2,1-2H3,(H,42,49)(H,43,47)(H,44,50)(H,45,48)(H,51,52)(H,53,54)/t33-,35-/m0/s1. The van der Waals surface area contributed by atoms with Crippen LogP contribution in [-0.2, 0) is 52.5 Å².